The van der Waals surface area contributed by atoms with Crippen molar-refractivity contribution in [3.63, 3.8) is 0 Å². The van der Waals surface area contributed by atoms with Crippen molar-refractivity contribution in [1.29, 1.82) is 0 Å². The lowest BCUT2D eigenvalue weighted by atomic mass is 9.85. The van der Waals surface area contributed by atoms with Gasteiger partial charge >= 0.3 is 0 Å². The van der Waals surface area contributed by atoms with E-state index in [-0.39, 0.29) is 0 Å². The summed E-state index contributed by atoms with van der Waals surface area (Å²) >= 11 is 7.79. The molecule has 0 aliphatic carbocycles. The van der Waals surface area contributed by atoms with E-state index in [2.05, 4.69) is 232 Å². The van der Waals surface area contributed by atoms with Crippen LogP contribution in [-0.2, 0) is 0 Å². The van der Waals surface area contributed by atoms with Crippen LogP contribution in [0.3, 0.4) is 0 Å². The van der Waals surface area contributed by atoms with E-state index in [9.17, 15) is 0 Å². The summed E-state index contributed by atoms with van der Waals surface area (Å²) in [6.45, 7) is 0. The zero-order valence-electron chi connectivity index (χ0n) is 30.2. The van der Waals surface area contributed by atoms with Crippen molar-refractivity contribution in [2.45, 2.75) is 0 Å². The highest BCUT2D eigenvalue weighted by Crippen LogP contribution is 2.49. The second-order valence-electron chi connectivity index (χ2n) is 15.6. The summed E-state index contributed by atoms with van der Waals surface area (Å²) in [4.78, 5) is 0. The van der Waals surface area contributed by atoms with Gasteiger partial charge in [-0.05, 0) is 218 Å². The molecular weight excluding hydrogens is 1030 g/mol. The van der Waals surface area contributed by atoms with E-state index in [0.717, 1.165) is 0 Å². The van der Waals surface area contributed by atoms with Gasteiger partial charge in [0.1, 0.15) is 0 Å². The number of halogens is 3. The number of hydrogen-bond acceptors (Lipinski definition) is 0. The third-order valence-corrected chi connectivity index (χ3v) is 15.1. The first-order chi connectivity index (χ1) is 28.0. The van der Waals surface area contributed by atoms with Crippen molar-refractivity contribution >= 4 is 165 Å². The molecular formula is C54H27I3. The Bertz CT molecular complexity index is 3380. The molecule has 0 spiro atoms. The number of rotatable bonds is 3. The standard InChI is InChI=1S/C54H27I3/c55-43-25-34-13-10-28-4-1-7-31-16-19-40(52(34)46(28)31)49(43)37-22-38(50-41-20-17-32-8-2-5-29-11-14-35(26-44(50)56)53(41)47(29)32)24-39(23-37)51-42-21-18-33-9-3-6-30-12-15-36(27-45(51)57)54(42)48(30)33/h1-27H. The van der Waals surface area contributed by atoms with Gasteiger partial charge in [0.15, 0.2) is 0 Å². The van der Waals surface area contributed by atoms with E-state index in [1.165, 1.54) is 141 Å². The Kier molecular flexibility index (Phi) is 7.04. The van der Waals surface area contributed by atoms with Gasteiger partial charge in [-0.3, -0.25) is 0 Å². The van der Waals surface area contributed by atoms with E-state index >= 15 is 0 Å². The summed E-state index contributed by atoms with van der Waals surface area (Å²) in [5.74, 6) is 0. The lowest BCUT2D eigenvalue weighted by molar-refractivity contribution is 1.58. The molecule has 0 atom stereocenters. The Morgan fingerprint density at radius 2 is 0.474 bits per heavy atom. The third-order valence-electron chi connectivity index (χ3n) is 12.6. The highest BCUT2D eigenvalue weighted by molar-refractivity contribution is 14.1. The smallest absolute Gasteiger partial charge is 0.0221 e. The summed E-state index contributed by atoms with van der Waals surface area (Å²) in [6, 6.07) is 62.5. The molecule has 13 rings (SSSR count). The monoisotopic (exact) mass is 1060 g/mol. The fourth-order valence-corrected chi connectivity index (χ4v) is 13.1. The lowest BCUT2D eigenvalue weighted by Gasteiger charge is -2.21. The van der Waals surface area contributed by atoms with Crippen molar-refractivity contribution in [3.8, 4) is 33.4 Å². The molecule has 0 fully saturated rings. The van der Waals surface area contributed by atoms with E-state index in [4.69, 9.17) is 0 Å². The second-order valence-corrected chi connectivity index (χ2v) is 19.1. The first kappa shape index (κ1) is 33.2. The van der Waals surface area contributed by atoms with Gasteiger partial charge in [-0.15, -0.1) is 0 Å². The molecule has 0 bridgehead atoms. The van der Waals surface area contributed by atoms with Crippen LogP contribution in [0.5, 0.6) is 0 Å². The van der Waals surface area contributed by atoms with Gasteiger partial charge < -0.3 is 0 Å². The fraction of sp³-hybridized carbons (Fsp3) is 0. The minimum absolute atomic E-state index is 1.24. The molecule has 0 aromatic heterocycles. The van der Waals surface area contributed by atoms with Crippen molar-refractivity contribution in [2.75, 3.05) is 0 Å². The first-order valence-electron chi connectivity index (χ1n) is 19.2. The predicted molar refractivity (Wildman–Crippen MR) is 272 cm³/mol. The van der Waals surface area contributed by atoms with Gasteiger partial charge in [0.05, 0.1) is 0 Å². The van der Waals surface area contributed by atoms with Crippen LogP contribution in [0.4, 0.5) is 0 Å². The van der Waals surface area contributed by atoms with E-state index < -0.39 is 0 Å². The average molecular weight is 1060 g/mol. The Morgan fingerprint density at radius 3 is 0.754 bits per heavy atom. The quantitative estimate of drug-likeness (QED) is 0.122. The lowest BCUT2D eigenvalue weighted by Crippen LogP contribution is -1.96. The van der Waals surface area contributed by atoms with Crippen molar-refractivity contribution in [1.82, 2.24) is 0 Å². The molecule has 3 heteroatoms. The molecule has 0 unspecified atom stereocenters. The Balaban J connectivity index is 1.18. The van der Waals surface area contributed by atoms with Crippen molar-refractivity contribution in [3.05, 3.63) is 175 Å². The van der Waals surface area contributed by atoms with Crippen LogP contribution in [0.25, 0.3) is 130 Å². The van der Waals surface area contributed by atoms with E-state index in [0.29, 0.717) is 0 Å². The van der Waals surface area contributed by atoms with Gasteiger partial charge in [0, 0.05) is 27.4 Å². The summed E-state index contributed by atoms with van der Waals surface area (Å²) in [6.07, 6.45) is 0. The molecule has 57 heavy (non-hydrogen) atoms. The van der Waals surface area contributed by atoms with Crippen LogP contribution in [0, 0.1) is 10.7 Å². The van der Waals surface area contributed by atoms with Crippen LogP contribution in [-0.4, -0.2) is 0 Å². The van der Waals surface area contributed by atoms with Gasteiger partial charge in [0.2, 0.25) is 0 Å². The molecule has 13 aromatic rings. The van der Waals surface area contributed by atoms with E-state index in [1.54, 1.807) is 0 Å². The largest absolute Gasteiger partial charge is 0.0610 e. The van der Waals surface area contributed by atoms with Gasteiger partial charge in [-0.25, -0.2) is 0 Å². The number of benzene rings is 13. The van der Waals surface area contributed by atoms with E-state index in [1.807, 2.05) is 0 Å². The molecule has 0 saturated heterocycles. The first-order valence-corrected chi connectivity index (χ1v) is 22.5. The topological polar surface area (TPSA) is 0 Å². The van der Waals surface area contributed by atoms with Crippen LogP contribution < -0.4 is 0 Å². The molecule has 0 aliphatic rings. The summed E-state index contributed by atoms with van der Waals surface area (Å²) < 4.78 is 3.78. The normalized spacial score (nSPS) is 12.5. The van der Waals surface area contributed by atoms with Crippen LogP contribution >= 0.6 is 67.8 Å². The minimum atomic E-state index is 1.24. The minimum Gasteiger partial charge on any atom is -0.0610 e. The maximum Gasteiger partial charge on any atom is 0.0221 e. The van der Waals surface area contributed by atoms with Crippen LogP contribution in [0.2, 0.25) is 0 Å². The SMILES string of the molecule is Ic1cc2ccc3cccc4ccc(c1-c1cc(-c5c(I)cc6ccc7cccc8ccc5c6c78)cc(-c5c(I)cc6ccc7cccc8ccc5c6c78)c1)c2c34. The van der Waals surface area contributed by atoms with Crippen LogP contribution in [0.15, 0.2) is 164 Å². The molecule has 0 aliphatic heterocycles. The summed E-state index contributed by atoms with van der Waals surface area (Å²) in [5, 5.41) is 23.6. The maximum atomic E-state index is 2.60. The maximum absolute atomic E-state index is 2.60. The van der Waals surface area contributed by atoms with Crippen molar-refractivity contribution < 1.29 is 0 Å². The highest BCUT2D eigenvalue weighted by atomic mass is 127. The Labute approximate surface area is 368 Å². The summed E-state index contributed by atoms with van der Waals surface area (Å²) in [7, 11) is 0. The molecule has 264 valence electrons. The van der Waals surface area contributed by atoms with Crippen molar-refractivity contribution in [2.24, 2.45) is 0 Å². The fourth-order valence-electron chi connectivity index (χ4n) is 10.3. The van der Waals surface area contributed by atoms with Gasteiger partial charge in [0.25, 0.3) is 0 Å². The molecule has 0 saturated carbocycles. The highest BCUT2D eigenvalue weighted by Gasteiger charge is 2.22. The second kappa shape index (κ2) is 12.1. The number of hydrogen-bond donors (Lipinski definition) is 0. The molecule has 0 N–H and O–H groups in total. The summed E-state index contributed by atoms with van der Waals surface area (Å²) in [5.41, 5.74) is 7.62. The molecule has 0 nitrogen and oxygen atoms in total. The molecule has 13 aromatic carbocycles. The Hall–Kier alpha value is -4.83. The Morgan fingerprint density at radius 1 is 0.228 bits per heavy atom. The molecule has 0 amide bonds. The average Bonchev–Trinajstić information content (AvgIpc) is 3.23. The van der Waals surface area contributed by atoms with Gasteiger partial charge in [-0.1, -0.05) is 127 Å². The zero-order chi connectivity index (χ0) is 37.7. The van der Waals surface area contributed by atoms with Crippen LogP contribution in [0.1, 0.15) is 0 Å². The predicted octanol–water partition coefficient (Wildman–Crippen LogP) is 17.2. The molecule has 0 heterocycles. The third kappa shape index (κ3) is 4.65. The van der Waals surface area contributed by atoms with Gasteiger partial charge in [-0.2, -0.15) is 0 Å². The zero-order valence-corrected chi connectivity index (χ0v) is 36.7. The molecule has 0 radical (unpaired) electrons.